The van der Waals surface area contributed by atoms with Crippen molar-refractivity contribution in [2.45, 2.75) is 19.0 Å². The van der Waals surface area contributed by atoms with E-state index in [1.54, 1.807) is 7.05 Å². The SMILES string of the molecule is Cc1sc2nc(SCC(=O)Nc3cc(F)ccc3F)n(C)c(=O)c2c1C. The van der Waals surface area contributed by atoms with Gasteiger partial charge in [-0.3, -0.25) is 14.2 Å². The van der Waals surface area contributed by atoms with E-state index in [-0.39, 0.29) is 17.0 Å². The molecule has 0 saturated heterocycles. The molecule has 5 nitrogen and oxygen atoms in total. The summed E-state index contributed by atoms with van der Waals surface area (Å²) in [6, 6.07) is 2.83. The number of aromatic nitrogens is 2. The Labute approximate surface area is 156 Å². The average molecular weight is 395 g/mol. The Morgan fingerprint density at radius 3 is 2.81 bits per heavy atom. The van der Waals surface area contributed by atoms with Gasteiger partial charge in [0, 0.05) is 18.0 Å². The Morgan fingerprint density at radius 2 is 2.08 bits per heavy atom. The zero-order valence-electron chi connectivity index (χ0n) is 14.2. The number of hydrogen-bond acceptors (Lipinski definition) is 5. The number of halogens is 2. The van der Waals surface area contributed by atoms with Crippen molar-refractivity contribution in [3.63, 3.8) is 0 Å². The minimum Gasteiger partial charge on any atom is -0.323 e. The minimum absolute atomic E-state index is 0.0922. The summed E-state index contributed by atoms with van der Waals surface area (Å²) in [7, 11) is 1.59. The molecule has 2 heterocycles. The molecule has 0 unspecified atom stereocenters. The molecule has 0 radical (unpaired) electrons. The molecule has 0 aliphatic carbocycles. The highest BCUT2D eigenvalue weighted by Gasteiger charge is 2.16. The number of aryl methyl sites for hydroxylation is 2. The number of benzene rings is 1. The van der Waals surface area contributed by atoms with Crippen LogP contribution >= 0.6 is 23.1 Å². The fourth-order valence-electron chi connectivity index (χ4n) is 2.39. The molecule has 26 heavy (non-hydrogen) atoms. The van der Waals surface area contributed by atoms with Crippen molar-refractivity contribution in [1.29, 1.82) is 0 Å². The smallest absolute Gasteiger partial charge is 0.262 e. The molecule has 0 spiro atoms. The van der Waals surface area contributed by atoms with Gasteiger partial charge in [-0.25, -0.2) is 13.8 Å². The van der Waals surface area contributed by atoms with Gasteiger partial charge in [0.1, 0.15) is 16.5 Å². The van der Waals surface area contributed by atoms with Crippen LogP contribution < -0.4 is 10.9 Å². The normalized spacial score (nSPS) is 11.1. The van der Waals surface area contributed by atoms with E-state index in [0.717, 1.165) is 40.4 Å². The summed E-state index contributed by atoms with van der Waals surface area (Å²) >= 11 is 2.49. The number of hydrogen-bond donors (Lipinski definition) is 1. The number of thioether (sulfide) groups is 1. The molecule has 3 aromatic rings. The van der Waals surface area contributed by atoms with Gasteiger partial charge in [0.2, 0.25) is 5.91 Å². The molecule has 0 aliphatic heterocycles. The lowest BCUT2D eigenvalue weighted by Crippen LogP contribution is -2.21. The summed E-state index contributed by atoms with van der Waals surface area (Å²) < 4.78 is 28.1. The summed E-state index contributed by atoms with van der Waals surface area (Å²) in [6.07, 6.45) is 0. The second kappa shape index (κ2) is 7.16. The molecule has 136 valence electrons. The third-order valence-electron chi connectivity index (χ3n) is 3.90. The highest BCUT2D eigenvalue weighted by atomic mass is 32.2. The first-order chi connectivity index (χ1) is 12.3. The molecule has 2 aromatic heterocycles. The minimum atomic E-state index is -0.721. The number of rotatable bonds is 4. The molecule has 9 heteroatoms. The van der Waals surface area contributed by atoms with E-state index in [1.165, 1.54) is 15.9 Å². The standard InChI is InChI=1S/C17H15F2N3O2S2/c1-8-9(2)26-15-14(8)16(24)22(3)17(21-15)25-7-13(23)20-12-6-10(18)4-5-11(12)19/h4-6H,7H2,1-3H3,(H,20,23). The summed E-state index contributed by atoms with van der Waals surface area (Å²) in [5.74, 6) is -1.98. The van der Waals surface area contributed by atoms with E-state index < -0.39 is 17.5 Å². The van der Waals surface area contributed by atoms with Crippen LogP contribution in [0.3, 0.4) is 0 Å². The van der Waals surface area contributed by atoms with Crippen molar-refractivity contribution >= 4 is 44.9 Å². The average Bonchev–Trinajstić information content (AvgIpc) is 2.87. The third-order valence-corrected chi connectivity index (χ3v) is 6.04. The van der Waals surface area contributed by atoms with Crippen LogP contribution in [0.15, 0.2) is 28.2 Å². The number of thiophene rings is 1. The number of carbonyl (C=O) groups is 1. The molecular weight excluding hydrogens is 380 g/mol. The predicted octanol–water partition coefficient (Wildman–Crippen LogP) is 3.62. The Balaban J connectivity index is 1.79. The Hall–Kier alpha value is -2.26. The topological polar surface area (TPSA) is 64.0 Å². The zero-order chi connectivity index (χ0) is 19.0. The maximum atomic E-state index is 13.6. The lowest BCUT2D eigenvalue weighted by Gasteiger charge is -2.08. The van der Waals surface area contributed by atoms with Crippen molar-refractivity contribution in [1.82, 2.24) is 9.55 Å². The first-order valence-electron chi connectivity index (χ1n) is 7.62. The van der Waals surface area contributed by atoms with Gasteiger partial charge >= 0.3 is 0 Å². The predicted molar refractivity (Wildman–Crippen MR) is 100 cm³/mol. The van der Waals surface area contributed by atoms with Crippen molar-refractivity contribution in [2.24, 2.45) is 7.05 Å². The maximum Gasteiger partial charge on any atom is 0.262 e. The first kappa shape index (κ1) is 18.5. The van der Waals surface area contributed by atoms with E-state index in [1.807, 2.05) is 13.8 Å². The second-order valence-corrected chi connectivity index (χ2v) is 7.83. The van der Waals surface area contributed by atoms with Crippen LogP contribution in [0.2, 0.25) is 0 Å². The summed E-state index contributed by atoms with van der Waals surface area (Å²) in [5.41, 5.74) is 0.516. The fraction of sp³-hybridized carbons (Fsp3) is 0.235. The lowest BCUT2D eigenvalue weighted by atomic mass is 10.2. The molecular formula is C17H15F2N3O2S2. The number of fused-ring (bicyclic) bond motifs is 1. The number of anilines is 1. The van der Waals surface area contributed by atoms with Crippen LogP contribution in [0, 0.1) is 25.5 Å². The number of amides is 1. The number of carbonyl (C=O) groups excluding carboxylic acids is 1. The Morgan fingerprint density at radius 1 is 1.35 bits per heavy atom. The van der Waals surface area contributed by atoms with Crippen molar-refractivity contribution in [3.05, 3.63) is 50.6 Å². The van der Waals surface area contributed by atoms with Crippen LogP contribution in [0.25, 0.3) is 10.2 Å². The van der Waals surface area contributed by atoms with Crippen LogP contribution in [-0.4, -0.2) is 21.2 Å². The van der Waals surface area contributed by atoms with Crippen LogP contribution in [0.1, 0.15) is 10.4 Å². The van der Waals surface area contributed by atoms with Gasteiger partial charge in [0.15, 0.2) is 5.16 Å². The van der Waals surface area contributed by atoms with Gasteiger partial charge in [0.05, 0.1) is 16.8 Å². The molecule has 0 bridgehead atoms. The van der Waals surface area contributed by atoms with Gasteiger partial charge in [0.25, 0.3) is 5.56 Å². The molecule has 0 aliphatic rings. The molecule has 0 saturated carbocycles. The van der Waals surface area contributed by atoms with E-state index in [2.05, 4.69) is 10.3 Å². The molecule has 1 N–H and O–H groups in total. The van der Waals surface area contributed by atoms with Gasteiger partial charge in [-0.15, -0.1) is 11.3 Å². The largest absolute Gasteiger partial charge is 0.323 e. The second-order valence-electron chi connectivity index (χ2n) is 5.68. The lowest BCUT2D eigenvalue weighted by molar-refractivity contribution is -0.113. The van der Waals surface area contributed by atoms with E-state index in [9.17, 15) is 18.4 Å². The van der Waals surface area contributed by atoms with Crippen molar-refractivity contribution < 1.29 is 13.6 Å². The summed E-state index contributed by atoms with van der Waals surface area (Å²) in [5, 5.41) is 3.29. The van der Waals surface area contributed by atoms with Crippen LogP contribution in [0.5, 0.6) is 0 Å². The van der Waals surface area contributed by atoms with Gasteiger partial charge in [-0.1, -0.05) is 11.8 Å². The monoisotopic (exact) mass is 395 g/mol. The first-order valence-corrected chi connectivity index (χ1v) is 9.42. The van der Waals surface area contributed by atoms with E-state index in [0.29, 0.717) is 15.4 Å². The van der Waals surface area contributed by atoms with Gasteiger partial charge in [-0.05, 0) is 31.5 Å². The molecule has 0 fully saturated rings. The molecule has 0 atom stereocenters. The fourth-order valence-corrected chi connectivity index (χ4v) is 4.24. The van der Waals surface area contributed by atoms with Gasteiger partial charge < -0.3 is 5.32 Å². The summed E-state index contributed by atoms with van der Waals surface area (Å²) in [4.78, 5) is 30.7. The van der Waals surface area contributed by atoms with E-state index >= 15 is 0 Å². The maximum absolute atomic E-state index is 13.6. The number of nitrogens with zero attached hydrogens (tertiary/aromatic N) is 2. The summed E-state index contributed by atoms with van der Waals surface area (Å²) in [6.45, 7) is 3.81. The Bertz CT molecular complexity index is 1080. The molecule has 1 aromatic carbocycles. The van der Waals surface area contributed by atoms with Gasteiger partial charge in [-0.2, -0.15) is 0 Å². The van der Waals surface area contributed by atoms with Crippen LogP contribution in [0.4, 0.5) is 14.5 Å². The van der Waals surface area contributed by atoms with Crippen molar-refractivity contribution in [2.75, 3.05) is 11.1 Å². The highest BCUT2D eigenvalue weighted by Crippen LogP contribution is 2.28. The number of nitrogens with one attached hydrogen (secondary N) is 1. The third kappa shape index (κ3) is 3.49. The molecule has 1 amide bonds. The Kier molecular flexibility index (Phi) is 5.10. The zero-order valence-corrected chi connectivity index (χ0v) is 15.9. The van der Waals surface area contributed by atoms with Crippen molar-refractivity contribution in [3.8, 4) is 0 Å². The highest BCUT2D eigenvalue weighted by molar-refractivity contribution is 7.99. The van der Waals surface area contributed by atoms with E-state index in [4.69, 9.17) is 0 Å². The molecule has 3 rings (SSSR count). The quantitative estimate of drug-likeness (QED) is 0.541. The van der Waals surface area contributed by atoms with Crippen LogP contribution in [-0.2, 0) is 11.8 Å².